The standard InChI is InChI=1S/C7H7ClN4/c8-3-1-2-4-12-6-10-7(5-9)11-12/h1-2,6H,3-4H2. The van der Waals surface area contributed by atoms with Gasteiger partial charge in [-0.15, -0.1) is 16.7 Å². The molecule has 5 heteroatoms. The summed E-state index contributed by atoms with van der Waals surface area (Å²) < 4.78 is 1.57. The monoisotopic (exact) mass is 182 g/mol. The molecule has 0 aliphatic heterocycles. The number of rotatable bonds is 3. The lowest BCUT2D eigenvalue weighted by atomic mass is 10.5. The summed E-state index contributed by atoms with van der Waals surface area (Å²) in [6.45, 7) is 0.599. The van der Waals surface area contributed by atoms with E-state index in [1.165, 1.54) is 6.33 Å². The molecule has 0 unspecified atom stereocenters. The largest absolute Gasteiger partial charge is 0.252 e. The van der Waals surface area contributed by atoms with E-state index >= 15 is 0 Å². The fraction of sp³-hybridized carbons (Fsp3) is 0.286. The van der Waals surface area contributed by atoms with Gasteiger partial charge in [0.1, 0.15) is 12.4 Å². The van der Waals surface area contributed by atoms with Crippen molar-refractivity contribution in [3.8, 4) is 6.07 Å². The molecule has 0 saturated heterocycles. The SMILES string of the molecule is N#Cc1ncn(CC=CCCl)n1. The van der Waals surface area contributed by atoms with E-state index in [0.717, 1.165) is 0 Å². The molecule has 0 saturated carbocycles. The van der Waals surface area contributed by atoms with Crippen LogP contribution >= 0.6 is 11.6 Å². The number of aromatic nitrogens is 3. The number of hydrogen-bond acceptors (Lipinski definition) is 3. The van der Waals surface area contributed by atoms with Crippen molar-refractivity contribution >= 4 is 11.6 Å². The second-order valence-corrected chi connectivity index (χ2v) is 2.34. The van der Waals surface area contributed by atoms with E-state index < -0.39 is 0 Å². The average Bonchev–Trinajstić information content (AvgIpc) is 2.53. The van der Waals surface area contributed by atoms with Gasteiger partial charge in [0.2, 0.25) is 0 Å². The molecule has 0 fully saturated rings. The van der Waals surface area contributed by atoms with Crippen LogP contribution in [-0.2, 0) is 6.54 Å². The van der Waals surface area contributed by atoms with Crippen molar-refractivity contribution < 1.29 is 0 Å². The first-order valence-corrected chi connectivity index (χ1v) is 3.91. The maximum Gasteiger partial charge on any atom is 0.252 e. The molecule has 0 N–H and O–H groups in total. The highest BCUT2D eigenvalue weighted by Gasteiger charge is 1.94. The Balaban J connectivity index is 2.54. The van der Waals surface area contributed by atoms with E-state index in [2.05, 4.69) is 10.1 Å². The van der Waals surface area contributed by atoms with Crippen LogP contribution < -0.4 is 0 Å². The highest BCUT2D eigenvalue weighted by Crippen LogP contribution is 1.88. The molecule has 0 aromatic carbocycles. The number of nitrogens with zero attached hydrogens (tertiary/aromatic N) is 4. The fourth-order valence-corrected chi connectivity index (χ4v) is 0.805. The summed E-state index contributed by atoms with van der Waals surface area (Å²) in [6, 6.07) is 1.84. The lowest BCUT2D eigenvalue weighted by Gasteiger charge is -1.90. The fourth-order valence-electron chi connectivity index (χ4n) is 0.679. The van der Waals surface area contributed by atoms with Crippen molar-refractivity contribution in [2.24, 2.45) is 0 Å². The highest BCUT2D eigenvalue weighted by molar-refractivity contribution is 6.18. The molecule has 0 atom stereocenters. The first-order chi connectivity index (χ1) is 5.86. The minimum absolute atomic E-state index is 0.189. The van der Waals surface area contributed by atoms with Crippen LogP contribution in [0.2, 0.25) is 0 Å². The Morgan fingerprint density at radius 2 is 2.50 bits per heavy atom. The van der Waals surface area contributed by atoms with Gasteiger partial charge >= 0.3 is 0 Å². The van der Waals surface area contributed by atoms with E-state index in [9.17, 15) is 0 Å². The highest BCUT2D eigenvalue weighted by atomic mass is 35.5. The van der Waals surface area contributed by atoms with Gasteiger partial charge in [0.05, 0.1) is 6.54 Å². The van der Waals surface area contributed by atoms with E-state index in [0.29, 0.717) is 12.4 Å². The van der Waals surface area contributed by atoms with Gasteiger partial charge in [-0.3, -0.25) is 0 Å². The third-order valence-corrected chi connectivity index (χ3v) is 1.36. The number of nitriles is 1. The van der Waals surface area contributed by atoms with Crippen LogP contribution in [0.25, 0.3) is 0 Å². The summed E-state index contributed by atoms with van der Waals surface area (Å²) in [7, 11) is 0. The molecular weight excluding hydrogens is 176 g/mol. The van der Waals surface area contributed by atoms with E-state index in [1.807, 2.05) is 18.2 Å². The maximum atomic E-state index is 8.40. The molecule has 0 amide bonds. The predicted molar refractivity (Wildman–Crippen MR) is 44.6 cm³/mol. The van der Waals surface area contributed by atoms with Crippen molar-refractivity contribution in [1.29, 1.82) is 5.26 Å². The van der Waals surface area contributed by atoms with Gasteiger partial charge in [0.25, 0.3) is 5.82 Å². The molecular formula is C7H7ClN4. The Morgan fingerprint density at radius 1 is 1.67 bits per heavy atom. The summed E-state index contributed by atoms with van der Waals surface area (Å²) in [5, 5.41) is 12.2. The quantitative estimate of drug-likeness (QED) is 0.517. The van der Waals surface area contributed by atoms with Crippen LogP contribution in [0.4, 0.5) is 0 Å². The van der Waals surface area contributed by atoms with Crippen molar-refractivity contribution in [2.45, 2.75) is 6.54 Å². The lowest BCUT2D eigenvalue weighted by Crippen LogP contribution is -1.95. The van der Waals surface area contributed by atoms with Gasteiger partial charge in [-0.25, -0.2) is 9.67 Å². The van der Waals surface area contributed by atoms with Crippen molar-refractivity contribution in [3.05, 3.63) is 24.3 Å². The minimum Gasteiger partial charge on any atom is -0.248 e. The van der Waals surface area contributed by atoms with Crippen LogP contribution in [0.1, 0.15) is 5.82 Å². The van der Waals surface area contributed by atoms with Gasteiger partial charge in [-0.2, -0.15) is 5.26 Å². The van der Waals surface area contributed by atoms with Gasteiger partial charge in [0, 0.05) is 5.88 Å². The van der Waals surface area contributed by atoms with Crippen LogP contribution in [0, 0.1) is 11.3 Å². The summed E-state index contributed by atoms with van der Waals surface area (Å²) in [5.41, 5.74) is 0. The molecule has 0 bridgehead atoms. The zero-order valence-corrected chi connectivity index (χ0v) is 7.07. The predicted octanol–water partition coefficient (Wildman–Crippen LogP) is 0.945. The van der Waals surface area contributed by atoms with Crippen LogP contribution in [0.3, 0.4) is 0 Å². The molecule has 62 valence electrons. The molecule has 0 aliphatic carbocycles. The maximum absolute atomic E-state index is 8.40. The van der Waals surface area contributed by atoms with Crippen molar-refractivity contribution in [1.82, 2.24) is 14.8 Å². The third kappa shape index (κ3) is 2.36. The molecule has 0 radical (unpaired) electrons. The van der Waals surface area contributed by atoms with Gasteiger partial charge in [-0.1, -0.05) is 12.2 Å². The van der Waals surface area contributed by atoms with Gasteiger partial charge < -0.3 is 0 Å². The summed E-state index contributed by atoms with van der Waals surface area (Å²) in [4.78, 5) is 3.74. The van der Waals surface area contributed by atoms with E-state index in [-0.39, 0.29) is 5.82 Å². The van der Waals surface area contributed by atoms with Gasteiger partial charge in [0.15, 0.2) is 0 Å². The van der Waals surface area contributed by atoms with Crippen LogP contribution in [-0.4, -0.2) is 20.6 Å². The Bertz CT molecular complexity index is 309. The Morgan fingerprint density at radius 3 is 3.08 bits per heavy atom. The molecule has 1 heterocycles. The Labute approximate surface area is 75.1 Å². The van der Waals surface area contributed by atoms with E-state index in [1.54, 1.807) is 4.68 Å². The first-order valence-electron chi connectivity index (χ1n) is 3.37. The lowest BCUT2D eigenvalue weighted by molar-refractivity contribution is 0.696. The van der Waals surface area contributed by atoms with Crippen molar-refractivity contribution in [3.63, 3.8) is 0 Å². The normalized spacial score (nSPS) is 10.3. The zero-order chi connectivity index (χ0) is 8.81. The summed E-state index contributed by atoms with van der Waals surface area (Å²) in [6.07, 6.45) is 5.19. The molecule has 1 aromatic rings. The van der Waals surface area contributed by atoms with Gasteiger partial charge in [-0.05, 0) is 0 Å². The molecule has 1 rings (SSSR count). The topological polar surface area (TPSA) is 54.5 Å². The zero-order valence-electron chi connectivity index (χ0n) is 6.31. The van der Waals surface area contributed by atoms with Crippen LogP contribution in [0.15, 0.2) is 18.5 Å². The second-order valence-electron chi connectivity index (χ2n) is 2.03. The van der Waals surface area contributed by atoms with Crippen molar-refractivity contribution in [2.75, 3.05) is 5.88 Å². The van der Waals surface area contributed by atoms with E-state index in [4.69, 9.17) is 16.9 Å². The molecule has 0 spiro atoms. The second kappa shape index (κ2) is 4.52. The summed E-state index contributed by atoms with van der Waals surface area (Å²) >= 11 is 5.42. The Hall–Kier alpha value is -1.34. The number of hydrogen-bond donors (Lipinski definition) is 0. The van der Waals surface area contributed by atoms with Crippen LogP contribution in [0.5, 0.6) is 0 Å². The third-order valence-electron chi connectivity index (χ3n) is 1.18. The molecule has 12 heavy (non-hydrogen) atoms. The molecule has 1 aromatic heterocycles. The summed E-state index contributed by atoms with van der Waals surface area (Å²) in [5.74, 6) is 0.675. The molecule has 0 aliphatic rings. The first kappa shape index (κ1) is 8.75. The minimum atomic E-state index is 0.189. The molecule has 4 nitrogen and oxygen atoms in total. The average molecular weight is 183 g/mol. The number of allylic oxidation sites excluding steroid dienone is 2. The smallest absolute Gasteiger partial charge is 0.248 e. The number of alkyl halides is 1. The Kier molecular flexibility index (Phi) is 3.30. The number of halogens is 1.